The van der Waals surface area contributed by atoms with E-state index in [4.69, 9.17) is 9.47 Å². The van der Waals surface area contributed by atoms with E-state index in [1.807, 2.05) is 32.2 Å². The van der Waals surface area contributed by atoms with Gasteiger partial charge < -0.3 is 20.1 Å². The highest BCUT2D eigenvalue weighted by Crippen LogP contribution is 2.30. The van der Waals surface area contributed by atoms with Gasteiger partial charge >= 0.3 is 0 Å². The minimum atomic E-state index is 0.0128. The second-order valence-electron chi connectivity index (χ2n) is 4.65. The van der Waals surface area contributed by atoms with Crippen LogP contribution in [0.4, 0.5) is 0 Å². The summed E-state index contributed by atoms with van der Waals surface area (Å²) in [7, 11) is 1.87. The predicted octanol–water partition coefficient (Wildman–Crippen LogP) is 0.724. The summed E-state index contributed by atoms with van der Waals surface area (Å²) in [5.74, 6) is 1.48. The number of amides is 1. The van der Waals surface area contributed by atoms with Crippen molar-refractivity contribution in [2.75, 3.05) is 26.8 Å². The fourth-order valence-electron chi connectivity index (χ4n) is 1.81. The molecular formula is C14H20N2O3. The number of benzene rings is 1. The Morgan fingerprint density at radius 3 is 2.79 bits per heavy atom. The van der Waals surface area contributed by atoms with Crippen molar-refractivity contribution >= 4 is 5.91 Å². The lowest BCUT2D eigenvalue weighted by atomic mass is 10.1. The molecule has 1 aliphatic rings. The summed E-state index contributed by atoms with van der Waals surface area (Å²) < 4.78 is 10.9. The molecule has 2 rings (SSSR count). The Labute approximate surface area is 113 Å². The van der Waals surface area contributed by atoms with Crippen molar-refractivity contribution in [3.8, 4) is 11.5 Å². The Hall–Kier alpha value is -1.75. The second kappa shape index (κ2) is 6.43. The zero-order valence-corrected chi connectivity index (χ0v) is 11.4. The maximum Gasteiger partial charge on any atom is 0.224 e. The van der Waals surface area contributed by atoms with Crippen LogP contribution in [0.15, 0.2) is 18.2 Å². The predicted molar refractivity (Wildman–Crippen MR) is 72.7 cm³/mol. The second-order valence-corrected chi connectivity index (χ2v) is 4.65. The monoisotopic (exact) mass is 264 g/mol. The van der Waals surface area contributed by atoms with Crippen molar-refractivity contribution in [1.82, 2.24) is 10.6 Å². The molecule has 1 unspecified atom stereocenters. The van der Waals surface area contributed by atoms with Crippen molar-refractivity contribution < 1.29 is 14.3 Å². The molecule has 1 aromatic rings. The Bertz CT molecular complexity index is 448. The average Bonchev–Trinajstić information content (AvgIpc) is 2.44. The summed E-state index contributed by atoms with van der Waals surface area (Å²) in [5, 5.41) is 5.96. The SMILES string of the molecule is CNC(C)CNC(=O)Cc1ccc2c(c1)OCCO2. The van der Waals surface area contributed by atoms with Crippen LogP contribution in [0.5, 0.6) is 11.5 Å². The van der Waals surface area contributed by atoms with E-state index >= 15 is 0 Å². The standard InChI is InChI=1S/C14H20N2O3/c1-10(15-2)9-16-14(17)8-11-3-4-12-13(7-11)19-6-5-18-12/h3-4,7,10,15H,5-6,8-9H2,1-2H3,(H,16,17). The maximum atomic E-state index is 11.8. The molecule has 1 amide bonds. The molecule has 0 aliphatic carbocycles. The molecule has 1 atom stereocenters. The lowest BCUT2D eigenvalue weighted by Crippen LogP contribution is -2.37. The fraction of sp³-hybridized carbons (Fsp3) is 0.500. The Balaban J connectivity index is 1.90. The Morgan fingerprint density at radius 1 is 1.32 bits per heavy atom. The zero-order chi connectivity index (χ0) is 13.7. The highest BCUT2D eigenvalue weighted by molar-refractivity contribution is 5.78. The van der Waals surface area contributed by atoms with E-state index in [1.54, 1.807) is 0 Å². The summed E-state index contributed by atoms with van der Waals surface area (Å²) in [5.41, 5.74) is 0.930. The van der Waals surface area contributed by atoms with E-state index in [-0.39, 0.29) is 11.9 Å². The van der Waals surface area contributed by atoms with E-state index < -0.39 is 0 Å². The average molecular weight is 264 g/mol. The molecule has 1 aliphatic heterocycles. The van der Waals surface area contributed by atoms with Crippen molar-refractivity contribution in [2.45, 2.75) is 19.4 Å². The number of ether oxygens (including phenoxy) is 2. The highest BCUT2D eigenvalue weighted by atomic mass is 16.6. The number of carbonyl (C=O) groups excluding carboxylic acids is 1. The first kappa shape index (κ1) is 13.7. The van der Waals surface area contributed by atoms with Crippen LogP contribution in [0.3, 0.4) is 0 Å². The number of rotatable bonds is 5. The van der Waals surface area contributed by atoms with Gasteiger partial charge in [0.2, 0.25) is 5.91 Å². The van der Waals surface area contributed by atoms with Crippen molar-refractivity contribution in [2.24, 2.45) is 0 Å². The fourth-order valence-corrected chi connectivity index (χ4v) is 1.81. The molecule has 5 nitrogen and oxygen atoms in total. The summed E-state index contributed by atoms with van der Waals surface area (Å²) in [6.45, 7) is 3.78. The molecule has 2 N–H and O–H groups in total. The van der Waals surface area contributed by atoms with Gasteiger partial charge in [-0.1, -0.05) is 6.07 Å². The van der Waals surface area contributed by atoms with Crippen LogP contribution in [-0.2, 0) is 11.2 Å². The zero-order valence-electron chi connectivity index (χ0n) is 11.4. The van der Waals surface area contributed by atoms with Gasteiger partial charge in [0.05, 0.1) is 6.42 Å². The van der Waals surface area contributed by atoms with Gasteiger partial charge in [0.1, 0.15) is 13.2 Å². The third kappa shape index (κ3) is 3.86. The van der Waals surface area contributed by atoms with Crippen LogP contribution in [0.1, 0.15) is 12.5 Å². The lowest BCUT2D eigenvalue weighted by Gasteiger charge is -2.19. The van der Waals surface area contributed by atoms with Gasteiger partial charge in [0, 0.05) is 12.6 Å². The number of carbonyl (C=O) groups is 1. The molecule has 1 heterocycles. The minimum Gasteiger partial charge on any atom is -0.486 e. The molecule has 5 heteroatoms. The molecule has 0 aromatic heterocycles. The largest absolute Gasteiger partial charge is 0.486 e. The van der Waals surface area contributed by atoms with E-state index in [1.165, 1.54) is 0 Å². The van der Waals surface area contributed by atoms with E-state index in [0.29, 0.717) is 26.2 Å². The van der Waals surface area contributed by atoms with Crippen LogP contribution in [0.2, 0.25) is 0 Å². The van der Waals surface area contributed by atoms with E-state index in [0.717, 1.165) is 17.1 Å². The number of hydrogen-bond donors (Lipinski definition) is 2. The number of hydrogen-bond acceptors (Lipinski definition) is 4. The normalized spacial score (nSPS) is 14.8. The molecule has 104 valence electrons. The van der Waals surface area contributed by atoms with Crippen LogP contribution >= 0.6 is 0 Å². The summed E-state index contributed by atoms with van der Waals surface area (Å²) in [6.07, 6.45) is 0.354. The Kier molecular flexibility index (Phi) is 4.63. The first-order valence-electron chi connectivity index (χ1n) is 6.51. The van der Waals surface area contributed by atoms with Gasteiger partial charge in [0.25, 0.3) is 0 Å². The minimum absolute atomic E-state index is 0.0128. The maximum absolute atomic E-state index is 11.8. The highest BCUT2D eigenvalue weighted by Gasteiger charge is 2.13. The number of nitrogens with one attached hydrogen (secondary N) is 2. The van der Waals surface area contributed by atoms with Crippen molar-refractivity contribution in [1.29, 1.82) is 0 Å². The number of likely N-dealkylation sites (N-methyl/N-ethyl adjacent to an activating group) is 1. The molecule has 0 radical (unpaired) electrons. The molecule has 1 aromatic carbocycles. The van der Waals surface area contributed by atoms with Gasteiger partial charge in [-0.2, -0.15) is 0 Å². The molecule has 19 heavy (non-hydrogen) atoms. The van der Waals surface area contributed by atoms with Crippen LogP contribution in [-0.4, -0.2) is 38.8 Å². The summed E-state index contributed by atoms with van der Waals surface area (Å²) >= 11 is 0. The van der Waals surface area contributed by atoms with Gasteiger partial charge in [-0.05, 0) is 31.7 Å². The topological polar surface area (TPSA) is 59.6 Å². The number of fused-ring (bicyclic) bond motifs is 1. The van der Waals surface area contributed by atoms with Crippen molar-refractivity contribution in [3.05, 3.63) is 23.8 Å². The molecule has 0 fully saturated rings. The first-order valence-corrected chi connectivity index (χ1v) is 6.51. The van der Waals surface area contributed by atoms with Crippen molar-refractivity contribution in [3.63, 3.8) is 0 Å². The molecule has 0 spiro atoms. The first-order chi connectivity index (χ1) is 9.19. The summed E-state index contributed by atoms with van der Waals surface area (Å²) in [4.78, 5) is 11.8. The lowest BCUT2D eigenvalue weighted by molar-refractivity contribution is -0.120. The van der Waals surface area contributed by atoms with Crippen LogP contribution in [0.25, 0.3) is 0 Å². The van der Waals surface area contributed by atoms with Gasteiger partial charge in [0.15, 0.2) is 11.5 Å². The Morgan fingerprint density at radius 2 is 2.05 bits per heavy atom. The van der Waals surface area contributed by atoms with E-state index in [9.17, 15) is 4.79 Å². The van der Waals surface area contributed by atoms with Crippen LogP contribution in [0, 0.1) is 0 Å². The molecule has 0 saturated carbocycles. The van der Waals surface area contributed by atoms with Crippen LogP contribution < -0.4 is 20.1 Å². The summed E-state index contributed by atoms with van der Waals surface area (Å²) in [6, 6.07) is 5.89. The molecular weight excluding hydrogens is 244 g/mol. The van der Waals surface area contributed by atoms with Gasteiger partial charge in [-0.3, -0.25) is 4.79 Å². The van der Waals surface area contributed by atoms with E-state index in [2.05, 4.69) is 10.6 Å². The molecule has 0 saturated heterocycles. The smallest absolute Gasteiger partial charge is 0.224 e. The molecule has 0 bridgehead atoms. The van der Waals surface area contributed by atoms with Gasteiger partial charge in [-0.25, -0.2) is 0 Å². The third-order valence-electron chi connectivity index (χ3n) is 3.07. The quantitative estimate of drug-likeness (QED) is 0.823. The third-order valence-corrected chi connectivity index (χ3v) is 3.07. The van der Waals surface area contributed by atoms with Gasteiger partial charge in [-0.15, -0.1) is 0 Å².